The van der Waals surface area contributed by atoms with Crippen molar-refractivity contribution in [3.63, 3.8) is 0 Å². The molecule has 1 atom stereocenters. The van der Waals surface area contributed by atoms with Crippen molar-refractivity contribution in [2.75, 3.05) is 13.7 Å². The molecular formula is C16H19FN2O2. The van der Waals surface area contributed by atoms with Crippen molar-refractivity contribution in [3.8, 4) is 11.3 Å². The minimum Gasteiger partial charge on any atom is -0.383 e. The van der Waals surface area contributed by atoms with Gasteiger partial charge in [0.05, 0.1) is 12.3 Å². The van der Waals surface area contributed by atoms with Gasteiger partial charge in [0.2, 0.25) is 0 Å². The first kappa shape index (κ1) is 15.4. The Bertz CT molecular complexity index is 663. The third kappa shape index (κ3) is 3.37. The zero-order valence-electron chi connectivity index (χ0n) is 12.2. The zero-order chi connectivity index (χ0) is 15.4. The minimum absolute atomic E-state index is 0.135. The summed E-state index contributed by atoms with van der Waals surface area (Å²) in [5.41, 5.74) is 7.75. The summed E-state index contributed by atoms with van der Waals surface area (Å²) in [7, 11) is 1.58. The molecule has 1 heterocycles. The summed E-state index contributed by atoms with van der Waals surface area (Å²) < 4.78 is 19.7. The molecule has 2 aromatic rings. The van der Waals surface area contributed by atoms with Crippen LogP contribution in [-0.2, 0) is 11.3 Å². The number of nitrogens with zero attached hydrogens (tertiary/aromatic N) is 1. The third-order valence-corrected chi connectivity index (χ3v) is 3.35. The number of nitrogens with two attached hydrogens (primary N) is 1. The topological polar surface area (TPSA) is 57.2 Å². The van der Waals surface area contributed by atoms with Crippen LogP contribution in [-0.4, -0.2) is 18.3 Å². The molecule has 112 valence electrons. The lowest BCUT2D eigenvalue weighted by Gasteiger charge is -2.16. The maximum absolute atomic E-state index is 13.0. The Hall–Kier alpha value is -1.98. The number of rotatable bonds is 5. The first-order valence-corrected chi connectivity index (χ1v) is 6.78. The molecule has 0 aliphatic heterocycles. The average molecular weight is 290 g/mol. The van der Waals surface area contributed by atoms with Crippen molar-refractivity contribution in [1.82, 2.24) is 4.57 Å². The van der Waals surface area contributed by atoms with Crippen LogP contribution in [0.2, 0.25) is 0 Å². The highest BCUT2D eigenvalue weighted by atomic mass is 19.1. The number of aromatic nitrogens is 1. The van der Waals surface area contributed by atoms with Crippen molar-refractivity contribution in [1.29, 1.82) is 0 Å². The van der Waals surface area contributed by atoms with E-state index in [1.54, 1.807) is 36.8 Å². The van der Waals surface area contributed by atoms with Gasteiger partial charge in [0.1, 0.15) is 5.82 Å². The summed E-state index contributed by atoms with van der Waals surface area (Å²) in [5, 5.41) is 0. The van der Waals surface area contributed by atoms with E-state index in [9.17, 15) is 9.18 Å². The molecule has 1 aromatic carbocycles. The van der Waals surface area contributed by atoms with Crippen molar-refractivity contribution in [3.05, 3.63) is 58.1 Å². The second-order valence-electron chi connectivity index (χ2n) is 4.92. The number of hydrogen-bond acceptors (Lipinski definition) is 3. The van der Waals surface area contributed by atoms with E-state index in [1.807, 2.05) is 6.07 Å². The van der Waals surface area contributed by atoms with Crippen LogP contribution in [0, 0.1) is 5.82 Å². The van der Waals surface area contributed by atoms with Gasteiger partial charge in [-0.3, -0.25) is 4.79 Å². The van der Waals surface area contributed by atoms with Crippen molar-refractivity contribution < 1.29 is 9.13 Å². The average Bonchev–Trinajstić information content (AvgIpc) is 2.46. The highest BCUT2D eigenvalue weighted by Crippen LogP contribution is 2.20. The highest BCUT2D eigenvalue weighted by molar-refractivity contribution is 5.59. The van der Waals surface area contributed by atoms with Gasteiger partial charge in [0, 0.05) is 25.3 Å². The first-order chi connectivity index (χ1) is 10.0. The lowest BCUT2D eigenvalue weighted by molar-refractivity contribution is 0.186. The van der Waals surface area contributed by atoms with E-state index in [-0.39, 0.29) is 17.4 Å². The number of benzene rings is 1. The Labute approximate surface area is 123 Å². The van der Waals surface area contributed by atoms with Gasteiger partial charge < -0.3 is 15.0 Å². The second-order valence-corrected chi connectivity index (χ2v) is 4.92. The number of hydrogen-bond donors (Lipinski definition) is 1. The van der Waals surface area contributed by atoms with Gasteiger partial charge in [-0.2, -0.15) is 0 Å². The lowest BCUT2D eigenvalue weighted by atomic mass is 10.1. The monoisotopic (exact) mass is 290 g/mol. The van der Waals surface area contributed by atoms with Gasteiger partial charge in [-0.25, -0.2) is 4.39 Å². The molecule has 0 spiro atoms. The molecule has 5 heteroatoms. The molecule has 21 heavy (non-hydrogen) atoms. The minimum atomic E-state index is -0.339. The Morgan fingerprint density at radius 2 is 1.90 bits per heavy atom. The van der Waals surface area contributed by atoms with E-state index in [1.165, 1.54) is 12.1 Å². The van der Waals surface area contributed by atoms with E-state index in [0.29, 0.717) is 18.7 Å². The third-order valence-electron chi connectivity index (χ3n) is 3.35. The van der Waals surface area contributed by atoms with Crippen LogP contribution in [0.15, 0.2) is 41.2 Å². The molecule has 0 radical (unpaired) electrons. The van der Waals surface area contributed by atoms with E-state index in [0.717, 1.165) is 11.3 Å². The predicted octanol–water partition coefficient (Wildman–Crippen LogP) is 2.32. The lowest BCUT2D eigenvalue weighted by Crippen LogP contribution is -2.29. The summed E-state index contributed by atoms with van der Waals surface area (Å²) in [6.07, 6.45) is 0. The van der Waals surface area contributed by atoms with Gasteiger partial charge in [-0.1, -0.05) is 0 Å². The Balaban J connectivity index is 2.56. The van der Waals surface area contributed by atoms with Crippen molar-refractivity contribution in [2.24, 2.45) is 5.73 Å². The van der Waals surface area contributed by atoms with Crippen LogP contribution >= 0.6 is 0 Å². The maximum Gasteiger partial charge on any atom is 0.255 e. The molecule has 0 amide bonds. The van der Waals surface area contributed by atoms with Crippen LogP contribution in [0.5, 0.6) is 0 Å². The smallest absolute Gasteiger partial charge is 0.255 e. The molecule has 1 aromatic heterocycles. The van der Waals surface area contributed by atoms with Crippen LogP contribution in [0.1, 0.15) is 18.5 Å². The number of pyridine rings is 1. The van der Waals surface area contributed by atoms with Gasteiger partial charge >= 0.3 is 0 Å². The molecule has 0 saturated carbocycles. The fourth-order valence-corrected chi connectivity index (χ4v) is 2.22. The van der Waals surface area contributed by atoms with Crippen LogP contribution in [0.3, 0.4) is 0 Å². The predicted molar refractivity (Wildman–Crippen MR) is 80.6 cm³/mol. The Morgan fingerprint density at radius 3 is 2.48 bits per heavy atom. The zero-order valence-corrected chi connectivity index (χ0v) is 12.2. The van der Waals surface area contributed by atoms with Gasteiger partial charge in [-0.15, -0.1) is 0 Å². The van der Waals surface area contributed by atoms with Crippen LogP contribution in [0.25, 0.3) is 11.3 Å². The summed E-state index contributed by atoms with van der Waals surface area (Å²) >= 11 is 0. The first-order valence-electron chi connectivity index (χ1n) is 6.78. The van der Waals surface area contributed by atoms with E-state index in [4.69, 9.17) is 10.5 Å². The highest BCUT2D eigenvalue weighted by Gasteiger charge is 2.12. The van der Waals surface area contributed by atoms with Gasteiger partial charge in [-0.05, 0) is 48.9 Å². The van der Waals surface area contributed by atoms with E-state index in [2.05, 4.69) is 0 Å². The molecule has 0 saturated heterocycles. The molecule has 4 nitrogen and oxygen atoms in total. The SMILES string of the molecule is COCCn1c(-c2ccc(F)cc2)ccc(C(C)N)c1=O. The van der Waals surface area contributed by atoms with Crippen molar-refractivity contribution >= 4 is 0 Å². The number of ether oxygens (including phenoxy) is 1. The van der Waals surface area contributed by atoms with Gasteiger partial charge in [0.15, 0.2) is 0 Å². The Kier molecular flexibility index (Phi) is 4.88. The number of halogens is 1. The van der Waals surface area contributed by atoms with Gasteiger partial charge in [0.25, 0.3) is 5.56 Å². The molecular weight excluding hydrogens is 271 g/mol. The van der Waals surface area contributed by atoms with E-state index >= 15 is 0 Å². The summed E-state index contributed by atoms with van der Waals surface area (Å²) in [6, 6.07) is 9.28. The molecule has 0 fully saturated rings. The molecule has 0 aliphatic carbocycles. The maximum atomic E-state index is 13.0. The number of methoxy groups -OCH3 is 1. The molecule has 2 rings (SSSR count). The van der Waals surface area contributed by atoms with E-state index < -0.39 is 0 Å². The van der Waals surface area contributed by atoms with Crippen molar-refractivity contribution in [2.45, 2.75) is 19.5 Å². The largest absolute Gasteiger partial charge is 0.383 e. The molecule has 0 aliphatic rings. The fourth-order valence-electron chi connectivity index (χ4n) is 2.22. The standard InChI is InChI=1S/C16H19FN2O2/c1-11(18)14-7-8-15(12-3-5-13(17)6-4-12)19(16(14)20)9-10-21-2/h3-8,11H,9-10,18H2,1-2H3. The molecule has 2 N–H and O–H groups in total. The molecule has 0 bridgehead atoms. The Morgan fingerprint density at radius 1 is 1.24 bits per heavy atom. The molecule has 1 unspecified atom stereocenters. The fraction of sp³-hybridized carbons (Fsp3) is 0.312. The summed E-state index contributed by atoms with van der Waals surface area (Å²) in [6.45, 7) is 2.61. The quantitative estimate of drug-likeness (QED) is 0.919. The normalized spacial score (nSPS) is 12.4. The summed E-state index contributed by atoms with van der Waals surface area (Å²) in [5.74, 6) is -0.309. The summed E-state index contributed by atoms with van der Waals surface area (Å²) in [4.78, 5) is 12.5. The second kappa shape index (κ2) is 6.65. The van der Waals surface area contributed by atoms with Crippen LogP contribution < -0.4 is 11.3 Å². The van der Waals surface area contributed by atoms with Crippen LogP contribution in [0.4, 0.5) is 4.39 Å².